The summed E-state index contributed by atoms with van der Waals surface area (Å²) in [4.78, 5) is 15.4. The summed E-state index contributed by atoms with van der Waals surface area (Å²) in [6.07, 6.45) is 0. The molecule has 1 rings (SSSR count). The van der Waals surface area contributed by atoms with Gasteiger partial charge in [0.15, 0.2) is 9.84 Å². The minimum atomic E-state index is -3.55. The molecule has 0 aliphatic rings. The fourth-order valence-electron chi connectivity index (χ4n) is 1.32. The van der Waals surface area contributed by atoms with Gasteiger partial charge in [-0.3, -0.25) is 9.63 Å². The highest BCUT2D eigenvalue weighted by atomic mass is 32.2. The number of carbonyl (C=O) groups is 1. The van der Waals surface area contributed by atoms with Crippen LogP contribution in [0.15, 0.2) is 24.3 Å². The monoisotopic (exact) mass is 268 g/mol. The zero-order valence-electron chi connectivity index (χ0n) is 9.71. The minimum Gasteiger partial charge on any atom is -0.277 e. The molecule has 1 aromatic carbocycles. The molecule has 7 heteroatoms. The topological polar surface area (TPSA) is 96.3 Å². The quantitative estimate of drug-likeness (QED) is 0.767. The van der Waals surface area contributed by atoms with Crippen molar-refractivity contribution in [2.75, 3.05) is 12.9 Å². The van der Waals surface area contributed by atoms with Crippen LogP contribution >= 0.6 is 0 Å². The van der Waals surface area contributed by atoms with Crippen LogP contribution in [0, 0.1) is 11.3 Å². The number of nitrogens with one attached hydrogen (secondary N) is 1. The lowest BCUT2D eigenvalue weighted by atomic mass is 10.2. The zero-order valence-corrected chi connectivity index (χ0v) is 10.5. The van der Waals surface area contributed by atoms with E-state index in [0.29, 0.717) is 11.1 Å². The number of benzene rings is 1. The molecule has 0 saturated carbocycles. The van der Waals surface area contributed by atoms with Crippen molar-refractivity contribution in [3.63, 3.8) is 0 Å². The Morgan fingerprint density at radius 2 is 2.00 bits per heavy atom. The normalized spacial score (nSPS) is 10.7. The molecular weight excluding hydrogens is 256 g/mol. The molecule has 0 aliphatic heterocycles. The molecule has 1 amide bonds. The molecule has 0 heterocycles. The summed E-state index contributed by atoms with van der Waals surface area (Å²) in [5.74, 6) is -1.61. The summed E-state index contributed by atoms with van der Waals surface area (Å²) in [6.45, 7) is 0. The molecule has 0 fully saturated rings. The smallest absolute Gasteiger partial charge is 0.258 e. The van der Waals surface area contributed by atoms with Crippen LogP contribution in [0.5, 0.6) is 0 Å². The lowest BCUT2D eigenvalue weighted by molar-refractivity contribution is -0.128. The molecule has 96 valence electrons. The fourth-order valence-corrected chi connectivity index (χ4v) is 2.58. The Bertz CT molecular complexity index is 558. The van der Waals surface area contributed by atoms with E-state index in [0.717, 1.165) is 0 Å². The Kier molecular flexibility index (Phi) is 4.83. The number of nitriles is 1. The Morgan fingerprint density at radius 1 is 1.39 bits per heavy atom. The van der Waals surface area contributed by atoms with Gasteiger partial charge < -0.3 is 0 Å². The van der Waals surface area contributed by atoms with Gasteiger partial charge in [-0.2, -0.15) is 5.26 Å². The Balaban J connectivity index is 2.70. The van der Waals surface area contributed by atoms with E-state index in [9.17, 15) is 13.2 Å². The number of amides is 1. The first-order valence-corrected chi connectivity index (χ1v) is 6.80. The average Bonchev–Trinajstić information content (AvgIpc) is 2.29. The number of hydrogen-bond acceptors (Lipinski definition) is 5. The summed E-state index contributed by atoms with van der Waals surface area (Å²) >= 11 is 0. The first kappa shape index (κ1) is 14.2. The second-order valence-electron chi connectivity index (χ2n) is 3.57. The van der Waals surface area contributed by atoms with Crippen LogP contribution in [0.3, 0.4) is 0 Å². The largest absolute Gasteiger partial charge is 0.277 e. The maximum absolute atomic E-state index is 11.7. The molecule has 0 spiro atoms. The van der Waals surface area contributed by atoms with Crippen molar-refractivity contribution in [1.29, 1.82) is 5.26 Å². The highest BCUT2D eigenvalue weighted by molar-refractivity contribution is 7.91. The van der Waals surface area contributed by atoms with E-state index in [1.54, 1.807) is 12.1 Å². The predicted molar refractivity (Wildman–Crippen MR) is 63.8 cm³/mol. The molecule has 6 nitrogen and oxygen atoms in total. The van der Waals surface area contributed by atoms with Gasteiger partial charge in [0.2, 0.25) is 0 Å². The summed E-state index contributed by atoms with van der Waals surface area (Å²) < 4.78 is 23.3. The van der Waals surface area contributed by atoms with Crippen molar-refractivity contribution in [3.05, 3.63) is 35.4 Å². The number of hydrogen-bond donors (Lipinski definition) is 1. The van der Waals surface area contributed by atoms with Crippen LogP contribution in [-0.2, 0) is 25.2 Å². The second kappa shape index (κ2) is 6.14. The maximum Gasteiger partial charge on any atom is 0.258 e. The van der Waals surface area contributed by atoms with Gasteiger partial charge in [-0.25, -0.2) is 13.9 Å². The third kappa shape index (κ3) is 4.53. The molecule has 0 aromatic heterocycles. The second-order valence-corrected chi connectivity index (χ2v) is 5.63. The lowest BCUT2D eigenvalue weighted by Crippen LogP contribution is -2.29. The van der Waals surface area contributed by atoms with Crippen LogP contribution in [0.2, 0.25) is 0 Å². The van der Waals surface area contributed by atoms with Gasteiger partial charge in [0.05, 0.1) is 24.5 Å². The Morgan fingerprint density at radius 3 is 2.50 bits per heavy atom. The highest BCUT2D eigenvalue weighted by Gasteiger charge is 2.17. The Hall–Kier alpha value is -1.91. The van der Waals surface area contributed by atoms with Gasteiger partial charge in [-0.05, 0) is 17.7 Å². The minimum absolute atomic E-state index is 0.254. The molecule has 18 heavy (non-hydrogen) atoms. The number of hydroxylamine groups is 1. The molecular formula is C11H12N2O4S. The first-order chi connectivity index (χ1) is 8.46. The number of carbonyl (C=O) groups excluding carboxylic acids is 1. The summed E-state index contributed by atoms with van der Waals surface area (Å²) in [5, 5.41) is 8.60. The first-order valence-electron chi connectivity index (χ1n) is 4.98. The maximum atomic E-state index is 11.7. The van der Waals surface area contributed by atoms with Crippen molar-refractivity contribution in [1.82, 2.24) is 5.48 Å². The van der Waals surface area contributed by atoms with E-state index in [4.69, 9.17) is 5.26 Å². The summed E-state index contributed by atoms with van der Waals surface area (Å²) in [6, 6.07) is 8.08. The molecule has 0 atom stereocenters. The van der Waals surface area contributed by atoms with Gasteiger partial charge in [0.25, 0.3) is 5.91 Å². The van der Waals surface area contributed by atoms with Gasteiger partial charge in [-0.15, -0.1) is 0 Å². The highest BCUT2D eigenvalue weighted by Crippen LogP contribution is 2.08. The van der Waals surface area contributed by atoms with Crippen molar-refractivity contribution in [2.45, 2.75) is 5.75 Å². The van der Waals surface area contributed by atoms with Crippen LogP contribution in [0.25, 0.3) is 0 Å². The molecule has 0 unspecified atom stereocenters. The van der Waals surface area contributed by atoms with Crippen molar-refractivity contribution < 1.29 is 18.0 Å². The number of rotatable bonds is 5. The van der Waals surface area contributed by atoms with Crippen LogP contribution in [0.4, 0.5) is 0 Å². The van der Waals surface area contributed by atoms with Gasteiger partial charge in [-0.1, -0.05) is 12.1 Å². The number of nitrogens with zero attached hydrogens (tertiary/aromatic N) is 1. The van der Waals surface area contributed by atoms with Crippen LogP contribution < -0.4 is 5.48 Å². The van der Waals surface area contributed by atoms with Gasteiger partial charge in [0, 0.05) is 0 Å². The Labute approximate surface area is 105 Å². The van der Waals surface area contributed by atoms with E-state index >= 15 is 0 Å². The van der Waals surface area contributed by atoms with Gasteiger partial charge in [0.1, 0.15) is 5.75 Å². The molecule has 1 N–H and O–H groups in total. The summed E-state index contributed by atoms with van der Waals surface area (Å²) in [5.41, 5.74) is 2.92. The van der Waals surface area contributed by atoms with Crippen molar-refractivity contribution >= 4 is 15.7 Å². The standard InChI is InChI=1S/C11H12N2O4S/c1-17-13-11(14)8-18(15,16)7-10-4-2-9(6-12)3-5-10/h2-5H,7-8H2,1H3,(H,13,14). The predicted octanol–water partition coefficient (Wildman–Crippen LogP) is 0.151. The van der Waals surface area contributed by atoms with E-state index in [1.807, 2.05) is 11.5 Å². The number of sulfone groups is 1. The molecule has 1 aromatic rings. The third-order valence-corrected chi connectivity index (χ3v) is 3.51. The fraction of sp³-hybridized carbons (Fsp3) is 0.273. The van der Waals surface area contributed by atoms with Crippen LogP contribution in [-0.4, -0.2) is 27.2 Å². The van der Waals surface area contributed by atoms with Gasteiger partial charge >= 0.3 is 0 Å². The third-order valence-electron chi connectivity index (χ3n) is 2.04. The molecule has 0 bridgehead atoms. The average molecular weight is 268 g/mol. The van der Waals surface area contributed by atoms with E-state index in [-0.39, 0.29) is 5.75 Å². The van der Waals surface area contributed by atoms with E-state index < -0.39 is 21.5 Å². The van der Waals surface area contributed by atoms with Crippen molar-refractivity contribution in [3.8, 4) is 6.07 Å². The van der Waals surface area contributed by atoms with Crippen LogP contribution in [0.1, 0.15) is 11.1 Å². The SMILES string of the molecule is CONC(=O)CS(=O)(=O)Cc1ccc(C#N)cc1. The van der Waals surface area contributed by atoms with Crippen molar-refractivity contribution in [2.24, 2.45) is 0 Å². The van der Waals surface area contributed by atoms with E-state index in [1.165, 1.54) is 19.2 Å². The van der Waals surface area contributed by atoms with E-state index in [2.05, 4.69) is 4.84 Å². The molecule has 0 radical (unpaired) electrons. The lowest BCUT2D eigenvalue weighted by Gasteiger charge is -2.04. The molecule has 0 saturated heterocycles. The zero-order chi connectivity index (χ0) is 13.6. The summed E-state index contributed by atoms with van der Waals surface area (Å²) in [7, 11) is -2.32. The molecule has 0 aliphatic carbocycles.